The third-order valence-corrected chi connectivity index (χ3v) is 4.58. The lowest BCUT2D eigenvalue weighted by Gasteiger charge is -2.11. The predicted octanol–water partition coefficient (Wildman–Crippen LogP) is 5.54. The van der Waals surface area contributed by atoms with E-state index in [1.165, 1.54) is 12.1 Å². The number of fused-ring (bicyclic) bond motifs is 1. The van der Waals surface area contributed by atoms with Gasteiger partial charge in [0.05, 0.1) is 11.3 Å². The maximum atomic E-state index is 13.0. The van der Waals surface area contributed by atoms with Gasteiger partial charge < -0.3 is 14.6 Å². The number of alkyl halides is 2. The molecular weight excluding hydrogens is 374 g/mol. The van der Waals surface area contributed by atoms with Gasteiger partial charge in [0, 0.05) is 23.6 Å². The Morgan fingerprint density at radius 3 is 2.41 bits per heavy atom. The highest BCUT2D eigenvalue weighted by Crippen LogP contribution is 2.28. The SMILES string of the molecule is O=C(Nc1ccccc1OC(F)F)c1cn(Cc2ccccc2)c2ccccc12. The fourth-order valence-electron chi connectivity index (χ4n) is 3.30. The van der Waals surface area contributed by atoms with Crippen LogP contribution in [-0.2, 0) is 6.54 Å². The van der Waals surface area contributed by atoms with Crippen molar-refractivity contribution < 1.29 is 18.3 Å². The molecule has 4 aromatic rings. The summed E-state index contributed by atoms with van der Waals surface area (Å²) in [6.07, 6.45) is 1.78. The second-order valence-electron chi connectivity index (χ2n) is 6.50. The van der Waals surface area contributed by atoms with Gasteiger partial charge in [-0.25, -0.2) is 0 Å². The molecule has 0 aliphatic rings. The second-order valence-corrected chi connectivity index (χ2v) is 6.50. The summed E-state index contributed by atoms with van der Waals surface area (Å²) in [6.45, 7) is -2.36. The summed E-state index contributed by atoms with van der Waals surface area (Å²) in [5, 5.41) is 3.48. The average Bonchev–Trinajstić information content (AvgIpc) is 3.09. The number of nitrogens with zero attached hydrogens (tertiary/aromatic N) is 1. The van der Waals surface area contributed by atoms with Crippen LogP contribution in [0.2, 0.25) is 0 Å². The summed E-state index contributed by atoms with van der Waals surface area (Å²) in [4.78, 5) is 13.0. The number of carbonyl (C=O) groups is 1. The molecule has 0 radical (unpaired) electrons. The van der Waals surface area contributed by atoms with Gasteiger partial charge in [-0.3, -0.25) is 4.79 Å². The van der Waals surface area contributed by atoms with Crippen LogP contribution in [0.5, 0.6) is 5.75 Å². The van der Waals surface area contributed by atoms with Crippen LogP contribution in [0.1, 0.15) is 15.9 Å². The van der Waals surface area contributed by atoms with Crippen molar-refractivity contribution in [1.82, 2.24) is 4.57 Å². The van der Waals surface area contributed by atoms with Crippen molar-refractivity contribution in [2.24, 2.45) is 0 Å². The van der Waals surface area contributed by atoms with Crippen LogP contribution >= 0.6 is 0 Å². The van der Waals surface area contributed by atoms with Crippen LogP contribution < -0.4 is 10.1 Å². The number of amides is 1. The Morgan fingerprint density at radius 1 is 0.931 bits per heavy atom. The number of rotatable bonds is 6. The molecule has 0 atom stereocenters. The highest BCUT2D eigenvalue weighted by molar-refractivity contribution is 6.13. The first-order valence-electron chi connectivity index (χ1n) is 9.09. The van der Waals surface area contributed by atoms with Crippen molar-refractivity contribution in [1.29, 1.82) is 0 Å². The van der Waals surface area contributed by atoms with Crippen LogP contribution in [0, 0.1) is 0 Å². The molecule has 0 aliphatic heterocycles. The highest BCUT2D eigenvalue weighted by atomic mass is 19.3. The third kappa shape index (κ3) is 4.11. The minimum atomic E-state index is -2.97. The topological polar surface area (TPSA) is 43.3 Å². The molecule has 4 rings (SSSR count). The number of benzene rings is 3. The predicted molar refractivity (Wildman–Crippen MR) is 109 cm³/mol. The van der Waals surface area contributed by atoms with E-state index in [0.29, 0.717) is 12.1 Å². The molecule has 3 aromatic carbocycles. The zero-order valence-corrected chi connectivity index (χ0v) is 15.4. The quantitative estimate of drug-likeness (QED) is 0.468. The van der Waals surface area contributed by atoms with E-state index >= 15 is 0 Å². The van der Waals surface area contributed by atoms with Gasteiger partial charge >= 0.3 is 6.61 Å². The minimum Gasteiger partial charge on any atom is -0.433 e. The van der Waals surface area contributed by atoms with E-state index in [1.54, 1.807) is 18.3 Å². The fourth-order valence-corrected chi connectivity index (χ4v) is 3.30. The maximum Gasteiger partial charge on any atom is 0.387 e. The molecule has 1 amide bonds. The Morgan fingerprint density at radius 2 is 1.62 bits per heavy atom. The smallest absolute Gasteiger partial charge is 0.387 e. The largest absolute Gasteiger partial charge is 0.433 e. The number of hydrogen-bond acceptors (Lipinski definition) is 2. The second kappa shape index (κ2) is 8.14. The van der Waals surface area contributed by atoms with Crippen LogP contribution in [0.15, 0.2) is 85.1 Å². The third-order valence-electron chi connectivity index (χ3n) is 4.58. The number of hydrogen-bond donors (Lipinski definition) is 1. The van der Waals surface area contributed by atoms with Crippen molar-refractivity contribution in [3.8, 4) is 5.75 Å². The van der Waals surface area contributed by atoms with Gasteiger partial charge in [0.1, 0.15) is 5.75 Å². The molecule has 0 saturated carbocycles. The lowest BCUT2D eigenvalue weighted by Crippen LogP contribution is -2.13. The van der Waals surface area contributed by atoms with Crippen LogP contribution in [0.3, 0.4) is 0 Å². The normalized spacial score (nSPS) is 11.0. The molecule has 0 bridgehead atoms. The number of anilines is 1. The molecule has 1 heterocycles. The van der Waals surface area contributed by atoms with Crippen LogP contribution in [0.4, 0.5) is 14.5 Å². The van der Waals surface area contributed by atoms with E-state index in [-0.39, 0.29) is 11.4 Å². The maximum absolute atomic E-state index is 13.0. The molecule has 0 saturated heterocycles. The number of nitrogens with one attached hydrogen (secondary N) is 1. The van der Waals surface area contributed by atoms with E-state index in [2.05, 4.69) is 10.1 Å². The Labute approximate surface area is 166 Å². The Balaban J connectivity index is 1.67. The van der Waals surface area contributed by atoms with Crippen molar-refractivity contribution >= 4 is 22.5 Å². The molecule has 29 heavy (non-hydrogen) atoms. The molecular formula is C23H18F2N2O2. The summed E-state index contributed by atoms with van der Waals surface area (Å²) in [7, 11) is 0. The standard InChI is InChI=1S/C23H18F2N2O2/c24-23(25)29-21-13-7-5-11-19(21)26-22(28)18-15-27(14-16-8-2-1-3-9-16)20-12-6-4-10-17(18)20/h1-13,15,23H,14H2,(H,26,28). The number of halogens is 2. The lowest BCUT2D eigenvalue weighted by molar-refractivity contribution is -0.0493. The first-order chi connectivity index (χ1) is 14.1. The molecule has 0 unspecified atom stereocenters. The van der Waals surface area contributed by atoms with Crippen molar-refractivity contribution in [3.05, 3.63) is 96.2 Å². The molecule has 0 spiro atoms. The number of para-hydroxylation sites is 3. The van der Waals surface area contributed by atoms with E-state index < -0.39 is 12.5 Å². The summed E-state index contributed by atoms with van der Waals surface area (Å²) < 4.78 is 31.8. The number of carbonyl (C=O) groups excluding carboxylic acids is 1. The fraction of sp³-hybridized carbons (Fsp3) is 0.0870. The average molecular weight is 392 g/mol. The number of aromatic nitrogens is 1. The Kier molecular flexibility index (Phi) is 5.24. The van der Waals surface area contributed by atoms with Crippen molar-refractivity contribution in [3.63, 3.8) is 0 Å². The van der Waals surface area contributed by atoms with Gasteiger partial charge in [0.15, 0.2) is 0 Å². The van der Waals surface area contributed by atoms with Gasteiger partial charge in [-0.15, -0.1) is 0 Å². The highest BCUT2D eigenvalue weighted by Gasteiger charge is 2.17. The molecule has 0 aliphatic carbocycles. The first-order valence-corrected chi connectivity index (χ1v) is 9.09. The summed E-state index contributed by atoms with van der Waals surface area (Å²) in [5.41, 5.74) is 2.68. The summed E-state index contributed by atoms with van der Waals surface area (Å²) >= 11 is 0. The molecule has 6 heteroatoms. The van der Waals surface area contributed by atoms with Gasteiger partial charge in [-0.05, 0) is 23.8 Å². The zero-order valence-electron chi connectivity index (χ0n) is 15.4. The number of ether oxygens (including phenoxy) is 1. The van der Waals surface area contributed by atoms with Crippen LogP contribution in [0.25, 0.3) is 10.9 Å². The van der Waals surface area contributed by atoms with Crippen molar-refractivity contribution in [2.45, 2.75) is 13.2 Å². The summed E-state index contributed by atoms with van der Waals surface area (Å²) in [6, 6.07) is 23.6. The molecule has 0 fully saturated rings. The summed E-state index contributed by atoms with van der Waals surface area (Å²) in [5.74, 6) is -0.470. The van der Waals surface area contributed by atoms with E-state index in [0.717, 1.165) is 16.5 Å². The lowest BCUT2D eigenvalue weighted by atomic mass is 10.1. The minimum absolute atomic E-state index is 0.0797. The Bertz CT molecular complexity index is 1140. The van der Waals surface area contributed by atoms with E-state index in [4.69, 9.17) is 0 Å². The van der Waals surface area contributed by atoms with Crippen molar-refractivity contribution in [2.75, 3.05) is 5.32 Å². The first kappa shape index (κ1) is 18.7. The molecule has 146 valence electrons. The van der Waals surface area contributed by atoms with Crippen LogP contribution in [-0.4, -0.2) is 17.1 Å². The van der Waals surface area contributed by atoms with E-state index in [1.807, 2.05) is 59.2 Å². The van der Waals surface area contributed by atoms with Gasteiger partial charge in [0.2, 0.25) is 0 Å². The molecule has 4 nitrogen and oxygen atoms in total. The van der Waals surface area contributed by atoms with E-state index in [9.17, 15) is 13.6 Å². The monoisotopic (exact) mass is 392 g/mol. The molecule has 1 aromatic heterocycles. The van der Waals surface area contributed by atoms with Gasteiger partial charge in [-0.1, -0.05) is 60.7 Å². The zero-order chi connectivity index (χ0) is 20.2. The van der Waals surface area contributed by atoms with Gasteiger partial charge in [0.25, 0.3) is 5.91 Å². The Hall–Kier alpha value is -3.67. The molecule has 1 N–H and O–H groups in total. The van der Waals surface area contributed by atoms with Gasteiger partial charge in [-0.2, -0.15) is 8.78 Å².